The van der Waals surface area contributed by atoms with E-state index in [1.54, 1.807) is 11.8 Å². The summed E-state index contributed by atoms with van der Waals surface area (Å²) < 4.78 is 1.95. The number of aryl methyl sites for hydroxylation is 3. The minimum atomic E-state index is -0.716. The molecule has 0 bridgehead atoms. The Morgan fingerprint density at radius 2 is 2.04 bits per heavy atom. The molecule has 2 aromatic rings. The number of aromatic nitrogens is 2. The molecule has 1 aromatic heterocycles. The Labute approximate surface area is 164 Å². The lowest BCUT2D eigenvalue weighted by Gasteiger charge is -2.45. The maximum absolute atomic E-state index is 12.5. The molecule has 3 heterocycles. The number of nitrogens with zero attached hydrogens (tertiary/aromatic N) is 3. The number of ketones is 1. The molecule has 6 nitrogen and oxygen atoms in total. The number of carbonyl (C=O) groups is 2. The fraction of sp³-hybridized carbons (Fsp3) is 0.409. The second-order valence-corrected chi connectivity index (χ2v) is 7.76. The number of Topliss-reactive ketones (excluding diaryl/α,β-unsaturated/α-hetero) is 1. The molecule has 4 rings (SSSR count). The molecule has 0 saturated carbocycles. The molecule has 2 aliphatic rings. The van der Waals surface area contributed by atoms with Gasteiger partial charge in [0, 0.05) is 24.7 Å². The van der Waals surface area contributed by atoms with Crippen molar-refractivity contribution in [2.24, 2.45) is 5.92 Å². The molecule has 1 N–H and O–H groups in total. The number of carbonyl (C=O) groups excluding carboxylic acids is 2. The highest BCUT2D eigenvalue weighted by Crippen LogP contribution is 2.46. The Bertz CT molecular complexity index is 959. The van der Waals surface area contributed by atoms with Gasteiger partial charge in [0.15, 0.2) is 5.78 Å². The van der Waals surface area contributed by atoms with Crippen molar-refractivity contribution in [3.63, 3.8) is 0 Å². The number of fused-ring (bicyclic) bond motifs is 1. The van der Waals surface area contributed by atoms with Gasteiger partial charge in [0.25, 0.3) is 0 Å². The van der Waals surface area contributed by atoms with Crippen molar-refractivity contribution < 1.29 is 14.7 Å². The number of hydrogen-bond donors (Lipinski definition) is 1. The average Bonchev–Trinajstić information content (AvgIpc) is 3.18. The summed E-state index contributed by atoms with van der Waals surface area (Å²) in [7, 11) is 0. The highest BCUT2D eigenvalue weighted by molar-refractivity contribution is 6.08. The zero-order chi connectivity index (χ0) is 20.0. The second kappa shape index (κ2) is 7.02. The van der Waals surface area contributed by atoms with Gasteiger partial charge in [0.05, 0.1) is 29.5 Å². The number of allylic oxidation sites excluding steroid dienone is 1. The summed E-state index contributed by atoms with van der Waals surface area (Å²) in [5.74, 6) is -0.736. The lowest BCUT2D eigenvalue weighted by molar-refractivity contribution is -0.158. The zero-order valence-electron chi connectivity index (χ0n) is 16.4. The smallest absolute Gasteiger partial charge is 0.235 e. The van der Waals surface area contributed by atoms with E-state index in [0.717, 1.165) is 29.9 Å². The Kier molecular flexibility index (Phi) is 4.67. The standard InChI is InChI=1S/C22H25N3O3/c1-13-11-18(23-24(13)10-9-16-7-5-4-6-8-16)17-12-19-20(14(2)26)22(28)25(19)21(17)15(3)27/h4-8,11,14,19-20,26H,9-10,12H2,1-3H3/t14-,19?,20?/m1/s1. The van der Waals surface area contributed by atoms with Crippen LogP contribution in [0.15, 0.2) is 42.1 Å². The first-order valence-corrected chi connectivity index (χ1v) is 9.72. The molecule has 3 atom stereocenters. The van der Waals surface area contributed by atoms with Crippen LogP contribution in [0.3, 0.4) is 0 Å². The van der Waals surface area contributed by atoms with Gasteiger partial charge in [-0.3, -0.25) is 14.3 Å². The lowest BCUT2D eigenvalue weighted by Crippen LogP contribution is -2.61. The number of amides is 1. The summed E-state index contributed by atoms with van der Waals surface area (Å²) in [5.41, 5.74) is 4.28. The third-order valence-electron chi connectivity index (χ3n) is 5.81. The van der Waals surface area contributed by atoms with Gasteiger partial charge in [0.2, 0.25) is 5.91 Å². The van der Waals surface area contributed by atoms with E-state index < -0.39 is 12.0 Å². The summed E-state index contributed by atoms with van der Waals surface area (Å²) in [5, 5.41) is 14.7. The molecule has 2 unspecified atom stereocenters. The maximum atomic E-state index is 12.5. The van der Waals surface area contributed by atoms with Crippen LogP contribution in [0.4, 0.5) is 0 Å². The molecule has 0 aliphatic carbocycles. The molecule has 1 saturated heterocycles. The van der Waals surface area contributed by atoms with Crippen molar-refractivity contribution in [3.05, 3.63) is 59.0 Å². The van der Waals surface area contributed by atoms with Gasteiger partial charge in [-0.1, -0.05) is 30.3 Å². The quantitative estimate of drug-likeness (QED) is 0.782. The first-order valence-electron chi connectivity index (χ1n) is 9.72. The molecule has 1 amide bonds. The molecule has 2 aliphatic heterocycles. The summed E-state index contributed by atoms with van der Waals surface area (Å²) in [4.78, 5) is 26.3. The van der Waals surface area contributed by atoms with E-state index in [1.807, 2.05) is 35.9 Å². The van der Waals surface area contributed by atoms with Gasteiger partial charge < -0.3 is 10.0 Å². The van der Waals surface area contributed by atoms with E-state index in [4.69, 9.17) is 5.10 Å². The Morgan fingerprint density at radius 1 is 1.32 bits per heavy atom. The number of aliphatic hydroxyl groups excluding tert-OH is 1. The topological polar surface area (TPSA) is 75.4 Å². The van der Waals surface area contributed by atoms with Gasteiger partial charge in [0.1, 0.15) is 0 Å². The molecular formula is C22H25N3O3. The maximum Gasteiger partial charge on any atom is 0.235 e. The van der Waals surface area contributed by atoms with Crippen LogP contribution in [-0.4, -0.2) is 43.6 Å². The highest BCUT2D eigenvalue weighted by atomic mass is 16.3. The third kappa shape index (κ3) is 2.98. The van der Waals surface area contributed by atoms with E-state index in [1.165, 1.54) is 12.5 Å². The summed E-state index contributed by atoms with van der Waals surface area (Å²) in [6.07, 6.45) is 0.718. The van der Waals surface area contributed by atoms with Gasteiger partial charge in [-0.15, -0.1) is 0 Å². The van der Waals surface area contributed by atoms with Crippen LogP contribution < -0.4 is 0 Å². The monoisotopic (exact) mass is 379 g/mol. The fourth-order valence-corrected chi connectivity index (χ4v) is 4.41. The van der Waals surface area contributed by atoms with E-state index in [0.29, 0.717) is 12.1 Å². The highest BCUT2D eigenvalue weighted by Gasteiger charge is 2.56. The first kappa shape index (κ1) is 18.6. The SMILES string of the molecule is CC(=O)C1=C(c2cc(C)n(CCc3ccccc3)n2)CC2C([C@@H](C)O)C(=O)N12. The molecule has 28 heavy (non-hydrogen) atoms. The number of hydrogen-bond acceptors (Lipinski definition) is 4. The van der Waals surface area contributed by atoms with Crippen molar-refractivity contribution in [2.45, 2.75) is 52.3 Å². The molecule has 1 fully saturated rings. The molecule has 146 valence electrons. The normalized spacial score (nSPS) is 22.3. The molecule has 6 heteroatoms. The largest absolute Gasteiger partial charge is 0.393 e. The Morgan fingerprint density at radius 3 is 2.68 bits per heavy atom. The average molecular weight is 379 g/mol. The van der Waals surface area contributed by atoms with Crippen LogP contribution >= 0.6 is 0 Å². The van der Waals surface area contributed by atoms with Crippen LogP contribution in [0.2, 0.25) is 0 Å². The Hall–Kier alpha value is -2.73. The third-order valence-corrected chi connectivity index (χ3v) is 5.81. The first-order chi connectivity index (χ1) is 13.4. The van der Waals surface area contributed by atoms with E-state index >= 15 is 0 Å². The summed E-state index contributed by atoms with van der Waals surface area (Å²) >= 11 is 0. The predicted molar refractivity (Wildman–Crippen MR) is 105 cm³/mol. The minimum Gasteiger partial charge on any atom is -0.393 e. The van der Waals surface area contributed by atoms with Crippen molar-refractivity contribution in [1.82, 2.24) is 14.7 Å². The fourth-order valence-electron chi connectivity index (χ4n) is 4.41. The molecular weight excluding hydrogens is 354 g/mol. The van der Waals surface area contributed by atoms with E-state index in [9.17, 15) is 14.7 Å². The number of rotatable bonds is 6. The molecule has 0 radical (unpaired) electrons. The number of β-lactam (4-membered cyclic amide) rings is 1. The van der Waals surface area contributed by atoms with Crippen LogP contribution in [-0.2, 0) is 22.6 Å². The second-order valence-electron chi connectivity index (χ2n) is 7.76. The van der Waals surface area contributed by atoms with Crippen LogP contribution in [0, 0.1) is 12.8 Å². The summed E-state index contributed by atoms with van der Waals surface area (Å²) in [6.45, 7) is 5.87. The Balaban J connectivity index is 1.60. The van der Waals surface area contributed by atoms with Crippen LogP contribution in [0.5, 0.6) is 0 Å². The lowest BCUT2D eigenvalue weighted by atomic mass is 9.83. The van der Waals surface area contributed by atoms with Crippen molar-refractivity contribution in [1.29, 1.82) is 0 Å². The van der Waals surface area contributed by atoms with Gasteiger partial charge >= 0.3 is 0 Å². The minimum absolute atomic E-state index is 0.133. The summed E-state index contributed by atoms with van der Waals surface area (Å²) in [6, 6.07) is 12.1. The number of aliphatic hydroxyl groups is 1. The van der Waals surface area contributed by atoms with Crippen molar-refractivity contribution in [3.8, 4) is 0 Å². The van der Waals surface area contributed by atoms with Crippen molar-refractivity contribution >= 4 is 17.3 Å². The van der Waals surface area contributed by atoms with Crippen molar-refractivity contribution in [2.75, 3.05) is 0 Å². The van der Waals surface area contributed by atoms with Gasteiger partial charge in [-0.2, -0.15) is 5.10 Å². The van der Waals surface area contributed by atoms with E-state index in [2.05, 4.69) is 12.1 Å². The predicted octanol–water partition coefficient (Wildman–Crippen LogP) is 2.35. The van der Waals surface area contributed by atoms with Gasteiger partial charge in [-0.05, 0) is 38.3 Å². The molecule has 0 spiro atoms. The molecule has 1 aromatic carbocycles. The zero-order valence-corrected chi connectivity index (χ0v) is 16.4. The number of benzene rings is 1. The van der Waals surface area contributed by atoms with Crippen LogP contribution in [0.25, 0.3) is 5.57 Å². The van der Waals surface area contributed by atoms with Crippen LogP contribution in [0.1, 0.15) is 37.2 Å². The van der Waals surface area contributed by atoms with Gasteiger partial charge in [-0.25, -0.2) is 0 Å². The van der Waals surface area contributed by atoms with E-state index in [-0.39, 0.29) is 17.7 Å².